The number of carbonyl (C=O) groups excluding carboxylic acids is 1. The van der Waals surface area contributed by atoms with Gasteiger partial charge in [0.05, 0.1) is 4.92 Å². The van der Waals surface area contributed by atoms with Crippen LogP contribution in [0.5, 0.6) is 5.75 Å². The zero-order valence-electron chi connectivity index (χ0n) is 10.7. The van der Waals surface area contributed by atoms with Gasteiger partial charge in [-0.2, -0.15) is 0 Å². The number of esters is 1. The highest BCUT2D eigenvalue weighted by molar-refractivity contribution is 5.89. The van der Waals surface area contributed by atoms with Crippen LogP contribution in [-0.2, 0) is 4.79 Å². The number of nitro benzene ring substituents is 1. The number of halogens is 1. The summed E-state index contributed by atoms with van der Waals surface area (Å²) in [5.74, 6) is -1.35. The van der Waals surface area contributed by atoms with E-state index in [2.05, 4.69) is 0 Å². The Labute approximate surface area is 119 Å². The lowest BCUT2D eigenvalue weighted by Crippen LogP contribution is -2.05. The van der Waals surface area contributed by atoms with Gasteiger partial charge in [0.15, 0.2) is 0 Å². The molecule has 21 heavy (non-hydrogen) atoms. The van der Waals surface area contributed by atoms with E-state index in [-0.39, 0.29) is 11.4 Å². The third-order valence-electron chi connectivity index (χ3n) is 2.53. The van der Waals surface area contributed by atoms with Gasteiger partial charge in [-0.05, 0) is 29.8 Å². The zero-order valence-corrected chi connectivity index (χ0v) is 10.7. The fraction of sp³-hybridized carbons (Fsp3) is 0. The SMILES string of the molecule is O=C(/C=C/c1cccc(F)c1)Oc1ccccc1[N+](=O)[O-]. The van der Waals surface area contributed by atoms with Gasteiger partial charge >= 0.3 is 11.7 Å². The molecule has 0 saturated carbocycles. The van der Waals surface area contributed by atoms with Crippen LogP contribution >= 0.6 is 0 Å². The first-order valence-electron chi connectivity index (χ1n) is 5.95. The number of hydrogen-bond acceptors (Lipinski definition) is 4. The number of nitro groups is 1. The van der Waals surface area contributed by atoms with E-state index in [0.29, 0.717) is 5.56 Å². The zero-order chi connectivity index (χ0) is 15.2. The molecule has 0 radical (unpaired) electrons. The van der Waals surface area contributed by atoms with E-state index in [1.807, 2.05) is 0 Å². The monoisotopic (exact) mass is 287 g/mol. The fourth-order valence-corrected chi connectivity index (χ4v) is 1.61. The molecule has 5 nitrogen and oxygen atoms in total. The summed E-state index contributed by atoms with van der Waals surface area (Å²) in [5.41, 5.74) is 0.180. The van der Waals surface area contributed by atoms with Gasteiger partial charge in [-0.25, -0.2) is 9.18 Å². The molecule has 106 valence electrons. The molecule has 0 heterocycles. The molecular weight excluding hydrogens is 277 g/mol. The molecule has 6 heteroatoms. The van der Waals surface area contributed by atoms with Gasteiger partial charge in [0.2, 0.25) is 5.75 Å². The van der Waals surface area contributed by atoms with Crippen LogP contribution in [0.4, 0.5) is 10.1 Å². The lowest BCUT2D eigenvalue weighted by Gasteiger charge is -2.01. The molecule has 2 aromatic rings. The van der Waals surface area contributed by atoms with E-state index < -0.39 is 16.7 Å². The van der Waals surface area contributed by atoms with Gasteiger partial charge in [0.25, 0.3) is 0 Å². The van der Waals surface area contributed by atoms with Crippen molar-refractivity contribution in [2.24, 2.45) is 0 Å². The van der Waals surface area contributed by atoms with Gasteiger partial charge in [-0.15, -0.1) is 0 Å². The molecule has 0 saturated heterocycles. The first-order valence-corrected chi connectivity index (χ1v) is 5.95. The third kappa shape index (κ3) is 3.97. The molecule has 0 fully saturated rings. The largest absolute Gasteiger partial charge is 0.416 e. The number of para-hydroxylation sites is 2. The quantitative estimate of drug-likeness (QED) is 0.284. The standard InChI is InChI=1S/C15H10FNO4/c16-12-5-3-4-11(10-12)8-9-15(18)21-14-7-2-1-6-13(14)17(19)20/h1-10H/b9-8+. The summed E-state index contributed by atoms with van der Waals surface area (Å²) < 4.78 is 17.9. The lowest BCUT2D eigenvalue weighted by atomic mass is 10.2. The second-order valence-electron chi connectivity index (χ2n) is 4.03. The highest BCUT2D eigenvalue weighted by Crippen LogP contribution is 2.25. The van der Waals surface area contributed by atoms with Crippen molar-refractivity contribution >= 4 is 17.7 Å². The van der Waals surface area contributed by atoms with E-state index in [1.165, 1.54) is 48.5 Å². The van der Waals surface area contributed by atoms with Crippen LogP contribution in [0.25, 0.3) is 6.08 Å². The van der Waals surface area contributed by atoms with Crippen molar-refractivity contribution in [3.05, 3.63) is 76.1 Å². The number of benzene rings is 2. The van der Waals surface area contributed by atoms with Gasteiger partial charge in [-0.3, -0.25) is 10.1 Å². The molecule has 0 bridgehead atoms. The lowest BCUT2D eigenvalue weighted by molar-refractivity contribution is -0.385. The summed E-state index contributed by atoms with van der Waals surface area (Å²) in [5, 5.41) is 10.8. The van der Waals surface area contributed by atoms with Gasteiger partial charge in [0, 0.05) is 12.1 Å². The summed E-state index contributed by atoms with van der Waals surface area (Å²) in [6, 6.07) is 11.2. The molecule has 0 aliphatic heterocycles. The highest BCUT2D eigenvalue weighted by atomic mass is 19.1. The van der Waals surface area contributed by atoms with Crippen LogP contribution in [0.3, 0.4) is 0 Å². The Bertz CT molecular complexity index is 712. The molecule has 2 aromatic carbocycles. The maximum atomic E-state index is 13.0. The maximum Gasteiger partial charge on any atom is 0.336 e. The molecule has 0 aliphatic carbocycles. The summed E-state index contributed by atoms with van der Waals surface area (Å²) in [7, 11) is 0. The summed E-state index contributed by atoms with van der Waals surface area (Å²) >= 11 is 0. The normalized spacial score (nSPS) is 10.5. The van der Waals surface area contributed by atoms with Crippen LogP contribution in [-0.4, -0.2) is 10.9 Å². The molecule has 2 rings (SSSR count). The first kappa shape index (κ1) is 14.4. The van der Waals surface area contributed by atoms with Gasteiger partial charge in [-0.1, -0.05) is 24.3 Å². The Hall–Kier alpha value is -3.02. The van der Waals surface area contributed by atoms with Crippen molar-refractivity contribution < 1.29 is 18.8 Å². The number of nitrogens with zero attached hydrogens (tertiary/aromatic N) is 1. The van der Waals surface area contributed by atoms with Crippen molar-refractivity contribution in [2.75, 3.05) is 0 Å². The Kier molecular flexibility index (Phi) is 4.40. The van der Waals surface area contributed by atoms with E-state index in [4.69, 9.17) is 4.74 Å². The van der Waals surface area contributed by atoms with Crippen molar-refractivity contribution in [1.82, 2.24) is 0 Å². The predicted octanol–water partition coefficient (Wildman–Crippen LogP) is 3.35. The van der Waals surface area contributed by atoms with Crippen LogP contribution in [0, 0.1) is 15.9 Å². The first-order chi connectivity index (χ1) is 10.1. The summed E-state index contributed by atoms with van der Waals surface area (Å²) in [6.45, 7) is 0. The number of ether oxygens (including phenoxy) is 1. The van der Waals surface area contributed by atoms with Crippen LogP contribution < -0.4 is 4.74 Å². The second kappa shape index (κ2) is 6.42. The smallest absolute Gasteiger partial charge is 0.336 e. The fourth-order valence-electron chi connectivity index (χ4n) is 1.61. The minimum absolute atomic E-state index is 0.142. The summed E-state index contributed by atoms with van der Waals surface area (Å²) in [4.78, 5) is 21.8. The van der Waals surface area contributed by atoms with E-state index in [9.17, 15) is 19.3 Å². The van der Waals surface area contributed by atoms with Crippen molar-refractivity contribution in [2.45, 2.75) is 0 Å². The van der Waals surface area contributed by atoms with Crippen LogP contribution in [0.1, 0.15) is 5.56 Å². The van der Waals surface area contributed by atoms with Crippen molar-refractivity contribution in [3.63, 3.8) is 0 Å². The molecule has 0 N–H and O–H groups in total. The van der Waals surface area contributed by atoms with Crippen molar-refractivity contribution in [1.29, 1.82) is 0 Å². The molecular formula is C15H10FNO4. The third-order valence-corrected chi connectivity index (χ3v) is 2.53. The Balaban J connectivity index is 2.10. The van der Waals surface area contributed by atoms with Crippen molar-refractivity contribution in [3.8, 4) is 5.75 Å². The Morgan fingerprint density at radius 1 is 1.19 bits per heavy atom. The maximum absolute atomic E-state index is 13.0. The second-order valence-corrected chi connectivity index (χ2v) is 4.03. The summed E-state index contributed by atoms with van der Waals surface area (Å²) in [6.07, 6.45) is 2.44. The topological polar surface area (TPSA) is 69.4 Å². The average molecular weight is 287 g/mol. The minimum atomic E-state index is -0.784. The molecule has 0 aromatic heterocycles. The minimum Gasteiger partial charge on any atom is -0.416 e. The molecule has 0 unspecified atom stereocenters. The highest BCUT2D eigenvalue weighted by Gasteiger charge is 2.15. The predicted molar refractivity (Wildman–Crippen MR) is 74.2 cm³/mol. The number of rotatable bonds is 4. The number of carbonyl (C=O) groups is 1. The number of hydrogen-bond donors (Lipinski definition) is 0. The Morgan fingerprint density at radius 2 is 1.95 bits per heavy atom. The van der Waals surface area contributed by atoms with E-state index in [0.717, 1.165) is 6.08 Å². The van der Waals surface area contributed by atoms with Crippen LogP contribution in [0.2, 0.25) is 0 Å². The average Bonchev–Trinajstić information content (AvgIpc) is 2.45. The van der Waals surface area contributed by atoms with E-state index >= 15 is 0 Å². The molecule has 0 aliphatic rings. The van der Waals surface area contributed by atoms with E-state index in [1.54, 1.807) is 6.07 Å². The molecule has 0 spiro atoms. The Morgan fingerprint density at radius 3 is 2.67 bits per heavy atom. The van der Waals surface area contributed by atoms with Crippen LogP contribution in [0.15, 0.2) is 54.6 Å². The van der Waals surface area contributed by atoms with Gasteiger partial charge < -0.3 is 4.74 Å². The molecule has 0 amide bonds. The van der Waals surface area contributed by atoms with Gasteiger partial charge in [0.1, 0.15) is 5.82 Å². The molecule has 0 atom stereocenters.